The second kappa shape index (κ2) is 8.67. The molecule has 0 fully saturated rings. The van der Waals surface area contributed by atoms with Gasteiger partial charge < -0.3 is 15.0 Å². The van der Waals surface area contributed by atoms with E-state index in [1.165, 1.54) is 0 Å². The van der Waals surface area contributed by atoms with Gasteiger partial charge in [-0.15, -0.1) is 0 Å². The Morgan fingerprint density at radius 1 is 1.15 bits per heavy atom. The molecule has 0 radical (unpaired) electrons. The Bertz CT molecular complexity index is 913. The molecule has 0 spiro atoms. The fourth-order valence-corrected chi connectivity index (χ4v) is 2.61. The zero-order valence-corrected chi connectivity index (χ0v) is 14.3. The van der Waals surface area contributed by atoms with Crippen LogP contribution in [0.15, 0.2) is 60.8 Å². The molecule has 0 unspecified atom stereocenters. The van der Waals surface area contributed by atoms with Crippen LogP contribution in [0.1, 0.15) is 27.9 Å². The maximum Gasteiger partial charge on any atom is 0.407 e. The first-order valence-electron chi connectivity index (χ1n) is 8.43. The SMILES string of the molecule is O=Cc1c[nH]c2ccc(C=CCCNC(=O)OCc3ccccc3)cc12. The molecule has 132 valence electrons. The average molecular weight is 348 g/mol. The molecule has 26 heavy (non-hydrogen) atoms. The lowest BCUT2D eigenvalue weighted by atomic mass is 10.1. The lowest BCUT2D eigenvalue weighted by Crippen LogP contribution is -2.24. The number of rotatable bonds is 7. The third-order valence-corrected chi connectivity index (χ3v) is 3.97. The van der Waals surface area contributed by atoms with Crippen LogP contribution in [-0.4, -0.2) is 23.9 Å². The van der Waals surface area contributed by atoms with E-state index in [4.69, 9.17) is 4.74 Å². The van der Waals surface area contributed by atoms with Gasteiger partial charge in [0.2, 0.25) is 0 Å². The predicted molar refractivity (Wildman–Crippen MR) is 102 cm³/mol. The number of benzene rings is 2. The van der Waals surface area contributed by atoms with Crippen LogP contribution in [0.25, 0.3) is 17.0 Å². The first kappa shape index (κ1) is 17.5. The average Bonchev–Trinajstić information content (AvgIpc) is 3.09. The Hall–Kier alpha value is -3.34. The van der Waals surface area contributed by atoms with Gasteiger partial charge in [0.1, 0.15) is 6.61 Å². The van der Waals surface area contributed by atoms with E-state index in [-0.39, 0.29) is 6.61 Å². The summed E-state index contributed by atoms with van der Waals surface area (Å²) in [4.78, 5) is 25.7. The molecule has 0 saturated heterocycles. The van der Waals surface area contributed by atoms with E-state index < -0.39 is 6.09 Å². The van der Waals surface area contributed by atoms with Crippen molar-refractivity contribution in [3.8, 4) is 0 Å². The number of nitrogens with one attached hydrogen (secondary N) is 2. The van der Waals surface area contributed by atoms with E-state index in [0.717, 1.165) is 28.3 Å². The van der Waals surface area contributed by atoms with Gasteiger partial charge >= 0.3 is 6.09 Å². The van der Waals surface area contributed by atoms with Crippen LogP contribution >= 0.6 is 0 Å². The van der Waals surface area contributed by atoms with Crippen LogP contribution in [0.2, 0.25) is 0 Å². The van der Waals surface area contributed by atoms with E-state index >= 15 is 0 Å². The van der Waals surface area contributed by atoms with E-state index in [1.807, 2.05) is 60.7 Å². The molecule has 0 aliphatic carbocycles. The van der Waals surface area contributed by atoms with Crippen molar-refractivity contribution in [3.05, 3.63) is 77.5 Å². The molecule has 0 bridgehead atoms. The molecule has 0 aliphatic heterocycles. The lowest BCUT2D eigenvalue weighted by molar-refractivity contribution is 0.112. The van der Waals surface area contributed by atoms with E-state index in [9.17, 15) is 9.59 Å². The number of fused-ring (bicyclic) bond motifs is 1. The van der Waals surface area contributed by atoms with Gasteiger partial charge in [0.05, 0.1) is 0 Å². The standard InChI is InChI=1S/C21H20N2O3/c24-14-18-13-23-20-10-9-16(12-19(18)20)6-4-5-11-22-21(25)26-15-17-7-2-1-3-8-17/h1-4,6-10,12-14,23H,5,11,15H2,(H,22,25). The highest BCUT2D eigenvalue weighted by Crippen LogP contribution is 2.19. The largest absolute Gasteiger partial charge is 0.445 e. The van der Waals surface area contributed by atoms with Crippen molar-refractivity contribution in [2.24, 2.45) is 0 Å². The molecule has 2 N–H and O–H groups in total. The van der Waals surface area contributed by atoms with Gasteiger partial charge in [-0.3, -0.25) is 4.79 Å². The summed E-state index contributed by atoms with van der Waals surface area (Å²) in [5, 5.41) is 3.63. The number of hydrogen-bond acceptors (Lipinski definition) is 3. The first-order valence-corrected chi connectivity index (χ1v) is 8.43. The number of carbonyl (C=O) groups is 2. The van der Waals surface area contributed by atoms with Crippen LogP contribution in [0.3, 0.4) is 0 Å². The zero-order valence-electron chi connectivity index (χ0n) is 14.3. The predicted octanol–water partition coefficient (Wildman–Crippen LogP) is 4.31. The monoisotopic (exact) mass is 348 g/mol. The van der Waals surface area contributed by atoms with E-state index in [0.29, 0.717) is 18.5 Å². The molecular formula is C21H20N2O3. The van der Waals surface area contributed by atoms with Crippen molar-refractivity contribution in [3.63, 3.8) is 0 Å². The molecule has 3 aromatic rings. The number of amides is 1. The van der Waals surface area contributed by atoms with Crippen LogP contribution < -0.4 is 5.32 Å². The molecular weight excluding hydrogens is 328 g/mol. The van der Waals surface area contributed by atoms with Gasteiger partial charge in [0, 0.05) is 29.2 Å². The molecule has 0 aliphatic rings. The fraction of sp³-hybridized carbons (Fsp3) is 0.143. The normalized spacial score (nSPS) is 10.9. The van der Waals surface area contributed by atoms with Gasteiger partial charge in [-0.25, -0.2) is 4.79 Å². The molecule has 2 aromatic carbocycles. The quantitative estimate of drug-likeness (QED) is 0.494. The Morgan fingerprint density at radius 3 is 2.81 bits per heavy atom. The topological polar surface area (TPSA) is 71.2 Å². The molecule has 5 heteroatoms. The lowest BCUT2D eigenvalue weighted by Gasteiger charge is -2.05. The first-order chi connectivity index (χ1) is 12.8. The Labute approximate surface area is 151 Å². The number of hydrogen-bond donors (Lipinski definition) is 2. The van der Waals surface area contributed by atoms with Crippen LogP contribution in [0.5, 0.6) is 0 Å². The number of H-pyrrole nitrogens is 1. The number of ether oxygens (including phenoxy) is 1. The number of aldehydes is 1. The number of carbonyl (C=O) groups excluding carboxylic acids is 2. The van der Waals surface area contributed by atoms with Gasteiger partial charge in [-0.2, -0.15) is 0 Å². The van der Waals surface area contributed by atoms with E-state index in [1.54, 1.807) is 6.20 Å². The molecule has 0 saturated carbocycles. The summed E-state index contributed by atoms with van der Waals surface area (Å²) in [5.41, 5.74) is 3.55. The summed E-state index contributed by atoms with van der Waals surface area (Å²) in [5.74, 6) is 0. The van der Waals surface area contributed by atoms with Crippen molar-refractivity contribution in [2.75, 3.05) is 6.54 Å². The summed E-state index contributed by atoms with van der Waals surface area (Å²) in [6, 6.07) is 15.4. The van der Waals surface area contributed by atoms with Gasteiger partial charge in [0.15, 0.2) is 6.29 Å². The molecule has 1 amide bonds. The van der Waals surface area contributed by atoms with Gasteiger partial charge in [0.25, 0.3) is 0 Å². The smallest absolute Gasteiger partial charge is 0.407 e. The minimum atomic E-state index is -0.424. The molecule has 5 nitrogen and oxygen atoms in total. The molecule has 1 aromatic heterocycles. The summed E-state index contributed by atoms with van der Waals surface area (Å²) < 4.78 is 5.15. The van der Waals surface area contributed by atoms with Crippen molar-refractivity contribution >= 4 is 29.4 Å². The van der Waals surface area contributed by atoms with Crippen molar-refractivity contribution in [1.82, 2.24) is 10.3 Å². The summed E-state index contributed by atoms with van der Waals surface area (Å²) in [7, 11) is 0. The summed E-state index contributed by atoms with van der Waals surface area (Å²) in [6.45, 7) is 0.758. The number of alkyl carbamates (subject to hydrolysis) is 1. The van der Waals surface area contributed by atoms with Crippen LogP contribution in [0, 0.1) is 0 Å². The van der Waals surface area contributed by atoms with Crippen molar-refractivity contribution < 1.29 is 14.3 Å². The highest BCUT2D eigenvalue weighted by Gasteiger charge is 2.03. The molecule has 1 heterocycles. The number of aromatic nitrogens is 1. The minimum absolute atomic E-state index is 0.262. The zero-order chi connectivity index (χ0) is 18.2. The fourth-order valence-electron chi connectivity index (χ4n) is 2.61. The highest BCUT2D eigenvalue weighted by molar-refractivity contribution is 5.98. The maximum absolute atomic E-state index is 11.6. The van der Waals surface area contributed by atoms with Crippen LogP contribution in [-0.2, 0) is 11.3 Å². The minimum Gasteiger partial charge on any atom is -0.445 e. The summed E-state index contributed by atoms with van der Waals surface area (Å²) >= 11 is 0. The van der Waals surface area contributed by atoms with Crippen molar-refractivity contribution in [2.45, 2.75) is 13.0 Å². The maximum atomic E-state index is 11.6. The van der Waals surface area contributed by atoms with Crippen LogP contribution in [0.4, 0.5) is 4.79 Å². The molecule has 3 rings (SSSR count). The Kier molecular flexibility index (Phi) is 5.83. The number of aromatic amines is 1. The Morgan fingerprint density at radius 2 is 2.00 bits per heavy atom. The Balaban J connectivity index is 1.43. The third-order valence-electron chi connectivity index (χ3n) is 3.97. The van der Waals surface area contributed by atoms with Gasteiger partial charge in [-0.05, 0) is 29.7 Å². The van der Waals surface area contributed by atoms with Gasteiger partial charge in [-0.1, -0.05) is 48.6 Å². The second-order valence-electron chi connectivity index (χ2n) is 5.85. The summed E-state index contributed by atoms with van der Waals surface area (Å²) in [6.07, 6.45) is 6.76. The highest BCUT2D eigenvalue weighted by atomic mass is 16.5. The third kappa shape index (κ3) is 4.60. The van der Waals surface area contributed by atoms with E-state index in [2.05, 4.69) is 10.3 Å². The van der Waals surface area contributed by atoms with Crippen molar-refractivity contribution in [1.29, 1.82) is 0 Å². The second-order valence-corrected chi connectivity index (χ2v) is 5.85. The molecule has 0 atom stereocenters.